The Labute approximate surface area is 207 Å². The lowest BCUT2D eigenvalue weighted by molar-refractivity contribution is -0.148. The predicted molar refractivity (Wildman–Crippen MR) is 125 cm³/mol. The summed E-state index contributed by atoms with van der Waals surface area (Å²) in [6.07, 6.45) is -2.18. The lowest BCUT2D eigenvalue weighted by atomic mass is 10.1. The summed E-state index contributed by atoms with van der Waals surface area (Å²) < 4.78 is 10.4. The summed E-state index contributed by atoms with van der Waals surface area (Å²) in [5, 5.41) is 22.5. The number of amides is 2. The van der Waals surface area contributed by atoms with Gasteiger partial charge in [-0.25, -0.2) is 14.4 Å². The number of benzene rings is 2. The molecule has 192 valence electrons. The second-order valence-corrected chi connectivity index (χ2v) is 7.78. The Morgan fingerprint density at radius 3 is 1.75 bits per heavy atom. The van der Waals surface area contributed by atoms with E-state index in [9.17, 15) is 29.1 Å². The molecule has 0 radical (unpaired) electrons. The van der Waals surface area contributed by atoms with E-state index in [-0.39, 0.29) is 32.5 Å². The fraction of sp³-hybridized carbons (Fsp3) is 0.320. The van der Waals surface area contributed by atoms with Gasteiger partial charge in [-0.05, 0) is 24.0 Å². The molecular weight excluding hydrogens is 472 g/mol. The number of rotatable bonds is 14. The van der Waals surface area contributed by atoms with E-state index in [1.807, 2.05) is 6.07 Å². The zero-order valence-electron chi connectivity index (χ0n) is 19.4. The monoisotopic (exact) mass is 500 g/mol. The van der Waals surface area contributed by atoms with Gasteiger partial charge in [0.25, 0.3) is 0 Å². The van der Waals surface area contributed by atoms with Crippen LogP contribution in [0.2, 0.25) is 0 Å². The van der Waals surface area contributed by atoms with Crippen molar-refractivity contribution in [1.29, 1.82) is 0 Å². The van der Waals surface area contributed by atoms with Crippen LogP contribution >= 0.6 is 0 Å². The van der Waals surface area contributed by atoms with Gasteiger partial charge in [0.2, 0.25) is 5.91 Å². The van der Waals surface area contributed by atoms with Crippen LogP contribution in [0.15, 0.2) is 60.7 Å². The van der Waals surface area contributed by atoms with Gasteiger partial charge in [-0.1, -0.05) is 60.7 Å². The van der Waals surface area contributed by atoms with Crippen LogP contribution in [-0.2, 0) is 41.9 Å². The van der Waals surface area contributed by atoms with Gasteiger partial charge in [-0.15, -0.1) is 0 Å². The molecule has 0 aromatic heterocycles. The minimum atomic E-state index is -1.40. The normalized spacial score (nSPS) is 12.0. The van der Waals surface area contributed by atoms with Crippen molar-refractivity contribution in [2.24, 2.45) is 0 Å². The van der Waals surface area contributed by atoms with Crippen LogP contribution in [0.3, 0.4) is 0 Å². The fourth-order valence-corrected chi connectivity index (χ4v) is 3.05. The molecule has 2 amide bonds. The molecule has 1 unspecified atom stereocenters. The molecule has 2 atom stereocenters. The molecule has 0 spiro atoms. The van der Waals surface area contributed by atoms with E-state index < -0.39 is 48.4 Å². The van der Waals surface area contributed by atoms with Crippen LogP contribution < -0.4 is 10.6 Å². The van der Waals surface area contributed by atoms with Crippen LogP contribution in [0.5, 0.6) is 0 Å². The van der Waals surface area contributed by atoms with Crippen molar-refractivity contribution in [2.75, 3.05) is 0 Å². The van der Waals surface area contributed by atoms with E-state index in [0.717, 1.165) is 11.1 Å². The summed E-state index contributed by atoms with van der Waals surface area (Å²) in [5.41, 5.74) is 1.45. The molecule has 11 nitrogen and oxygen atoms in total. The molecule has 0 saturated heterocycles. The van der Waals surface area contributed by atoms with Gasteiger partial charge in [-0.3, -0.25) is 9.59 Å². The summed E-state index contributed by atoms with van der Waals surface area (Å²) in [6, 6.07) is 15.1. The maximum absolute atomic E-state index is 12.7. The first kappa shape index (κ1) is 27.8. The van der Waals surface area contributed by atoms with Crippen LogP contribution in [0, 0.1) is 0 Å². The SMILES string of the molecule is O=C(O)CCC(NC(=O)CC[C@H](NC(=O)OCc1ccccc1)C(=O)OCc1ccccc1)C(=O)O. The molecule has 11 heteroatoms. The summed E-state index contributed by atoms with van der Waals surface area (Å²) in [5.74, 6) is -4.11. The van der Waals surface area contributed by atoms with Crippen LogP contribution in [-0.4, -0.2) is 52.2 Å². The number of ether oxygens (including phenoxy) is 2. The molecule has 0 aliphatic carbocycles. The first-order valence-corrected chi connectivity index (χ1v) is 11.2. The van der Waals surface area contributed by atoms with Crippen molar-refractivity contribution in [3.8, 4) is 0 Å². The molecule has 0 fully saturated rings. The minimum absolute atomic E-state index is 0.0389. The summed E-state index contributed by atoms with van der Waals surface area (Å²) in [7, 11) is 0. The maximum atomic E-state index is 12.7. The average Bonchev–Trinajstić information content (AvgIpc) is 2.87. The molecule has 2 aromatic carbocycles. The Balaban J connectivity index is 1.96. The third kappa shape index (κ3) is 10.7. The molecule has 0 aliphatic heterocycles. The van der Waals surface area contributed by atoms with Crippen molar-refractivity contribution in [1.82, 2.24) is 10.6 Å². The second-order valence-electron chi connectivity index (χ2n) is 7.78. The number of alkyl carbamates (subject to hydrolysis) is 1. The molecule has 0 saturated carbocycles. The van der Waals surface area contributed by atoms with E-state index in [4.69, 9.17) is 14.6 Å². The second kappa shape index (κ2) is 14.8. The Kier molecular flexibility index (Phi) is 11.4. The lowest BCUT2D eigenvalue weighted by Gasteiger charge is -2.18. The molecule has 4 N–H and O–H groups in total. The number of aliphatic carboxylic acids is 2. The van der Waals surface area contributed by atoms with E-state index in [2.05, 4.69) is 10.6 Å². The van der Waals surface area contributed by atoms with Crippen molar-refractivity contribution in [3.63, 3.8) is 0 Å². The highest BCUT2D eigenvalue weighted by molar-refractivity contribution is 5.85. The van der Waals surface area contributed by atoms with Gasteiger partial charge in [-0.2, -0.15) is 0 Å². The molecule has 0 heterocycles. The van der Waals surface area contributed by atoms with E-state index in [1.165, 1.54) is 0 Å². The fourth-order valence-electron chi connectivity index (χ4n) is 3.05. The number of esters is 1. The first-order chi connectivity index (χ1) is 17.2. The molecule has 0 aliphatic rings. The summed E-state index contributed by atoms with van der Waals surface area (Å²) in [6.45, 7) is -0.0950. The Bertz CT molecular complexity index is 1030. The van der Waals surface area contributed by atoms with Crippen LogP contribution in [0.4, 0.5) is 4.79 Å². The van der Waals surface area contributed by atoms with Crippen LogP contribution in [0.1, 0.15) is 36.8 Å². The molecular formula is C25H28N2O9. The summed E-state index contributed by atoms with van der Waals surface area (Å²) in [4.78, 5) is 59.2. The Morgan fingerprint density at radius 1 is 0.694 bits per heavy atom. The Morgan fingerprint density at radius 2 is 1.22 bits per heavy atom. The topological polar surface area (TPSA) is 168 Å². The standard InChI is InChI=1S/C25H28N2O9/c28-21(26-19(23(31)32)12-14-22(29)30)13-11-20(24(33)35-15-17-7-3-1-4-8-17)27-25(34)36-16-18-9-5-2-6-10-18/h1-10,19-20H,11-16H2,(H,26,28)(H,27,34)(H,29,30)(H,31,32)/t19?,20-/m0/s1. The molecule has 0 bridgehead atoms. The van der Waals surface area contributed by atoms with E-state index in [0.29, 0.717) is 0 Å². The largest absolute Gasteiger partial charge is 0.481 e. The van der Waals surface area contributed by atoms with Gasteiger partial charge in [0.1, 0.15) is 25.3 Å². The van der Waals surface area contributed by atoms with Crippen molar-refractivity contribution in [2.45, 2.75) is 51.0 Å². The van der Waals surface area contributed by atoms with Gasteiger partial charge < -0.3 is 30.3 Å². The van der Waals surface area contributed by atoms with Gasteiger partial charge in [0.15, 0.2) is 0 Å². The highest BCUT2D eigenvalue weighted by atomic mass is 16.6. The number of carboxylic acid groups (broad SMARTS) is 2. The number of nitrogens with one attached hydrogen (secondary N) is 2. The maximum Gasteiger partial charge on any atom is 0.408 e. The molecule has 2 aromatic rings. The average molecular weight is 501 g/mol. The lowest BCUT2D eigenvalue weighted by Crippen LogP contribution is -2.44. The number of hydrogen-bond donors (Lipinski definition) is 4. The zero-order valence-corrected chi connectivity index (χ0v) is 19.4. The van der Waals surface area contributed by atoms with E-state index >= 15 is 0 Å². The minimum Gasteiger partial charge on any atom is -0.481 e. The van der Waals surface area contributed by atoms with Crippen molar-refractivity contribution < 1.29 is 43.7 Å². The van der Waals surface area contributed by atoms with E-state index in [1.54, 1.807) is 54.6 Å². The van der Waals surface area contributed by atoms with Gasteiger partial charge in [0, 0.05) is 12.8 Å². The quantitative estimate of drug-likeness (QED) is 0.284. The molecule has 36 heavy (non-hydrogen) atoms. The third-order valence-electron chi connectivity index (χ3n) is 4.95. The highest BCUT2D eigenvalue weighted by Crippen LogP contribution is 2.08. The predicted octanol–water partition coefficient (Wildman–Crippen LogP) is 2.24. The summed E-state index contributed by atoms with van der Waals surface area (Å²) >= 11 is 0. The van der Waals surface area contributed by atoms with Gasteiger partial charge in [0.05, 0.1) is 0 Å². The number of carboxylic acids is 2. The molecule has 2 rings (SSSR count). The van der Waals surface area contributed by atoms with Crippen LogP contribution in [0.25, 0.3) is 0 Å². The van der Waals surface area contributed by atoms with Crippen molar-refractivity contribution >= 4 is 29.9 Å². The zero-order chi connectivity index (χ0) is 26.3. The number of carbonyl (C=O) groups excluding carboxylic acids is 3. The number of carbonyl (C=O) groups is 5. The number of hydrogen-bond acceptors (Lipinski definition) is 7. The highest BCUT2D eigenvalue weighted by Gasteiger charge is 2.26. The Hall–Kier alpha value is -4.41. The first-order valence-electron chi connectivity index (χ1n) is 11.2. The smallest absolute Gasteiger partial charge is 0.408 e. The van der Waals surface area contributed by atoms with Gasteiger partial charge >= 0.3 is 24.0 Å². The van der Waals surface area contributed by atoms with Crippen molar-refractivity contribution in [3.05, 3.63) is 71.8 Å². The third-order valence-corrected chi connectivity index (χ3v) is 4.95.